The molecular weight excluding hydrogens is 364 g/mol. The number of anilines is 1. The minimum atomic E-state index is 0.0969. The van der Waals surface area contributed by atoms with Crippen molar-refractivity contribution in [3.63, 3.8) is 0 Å². The van der Waals surface area contributed by atoms with Gasteiger partial charge >= 0.3 is 0 Å². The summed E-state index contributed by atoms with van der Waals surface area (Å²) in [7, 11) is 0. The second-order valence-corrected chi connectivity index (χ2v) is 8.80. The van der Waals surface area contributed by atoms with E-state index in [0.29, 0.717) is 11.7 Å². The molecule has 4 nitrogen and oxygen atoms in total. The molecule has 1 aliphatic rings. The fraction of sp³-hybridized carbons (Fsp3) is 0.300. The Hall–Kier alpha value is -2.05. The Kier molecular flexibility index (Phi) is 4.87. The van der Waals surface area contributed by atoms with Gasteiger partial charge < -0.3 is 9.32 Å². The van der Waals surface area contributed by atoms with E-state index in [9.17, 15) is 4.79 Å². The highest BCUT2D eigenvalue weighted by Crippen LogP contribution is 2.37. The molecule has 0 fully saturated rings. The number of carbonyl (C=O) groups is 1. The van der Waals surface area contributed by atoms with Crippen molar-refractivity contribution in [1.29, 1.82) is 0 Å². The highest BCUT2D eigenvalue weighted by molar-refractivity contribution is 8.00. The lowest BCUT2D eigenvalue weighted by Crippen LogP contribution is -2.33. The van der Waals surface area contributed by atoms with Gasteiger partial charge in [0.2, 0.25) is 5.91 Å². The second-order valence-electron chi connectivity index (χ2n) is 6.46. The monoisotopic (exact) mass is 384 g/mol. The van der Waals surface area contributed by atoms with E-state index < -0.39 is 0 Å². The van der Waals surface area contributed by atoms with E-state index >= 15 is 0 Å². The molecule has 4 rings (SSSR count). The van der Waals surface area contributed by atoms with Gasteiger partial charge in [-0.2, -0.15) is 0 Å². The minimum absolute atomic E-state index is 0.0969. The lowest BCUT2D eigenvalue weighted by Gasteiger charge is -2.22. The van der Waals surface area contributed by atoms with Crippen LogP contribution in [0.25, 0.3) is 10.8 Å². The number of carbonyl (C=O) groups excluding carboxylic acids is 1. The van der Waals surface area contributed by atoms with Crippen LogP contribution in [0.5, 0.6) is 0 Å². The minimum Gasteiger partial charge on any atom is -0.459 e. The summed E-state index contributed by atoms with van der Waals surface area (Å²) < 4.78 is 5.63. The molecule has 2 aromatic heterocycles. The number of hydrogen-bond acceptors (Lipinski definition) is 5. The fourth-order valence-electron chi connectivity index (χ4n) is 3.05. The number of furan rings is 1. The average molecular weight is 385 g/mol. The Morgan fingerprint density at radius 3 is 2.96 bits per heavy atom. The van der Waals surface area contributed by atoms with Gasteiger partial charge in [0.25, 0.3) is 0 Å². The molecule has 134 valence electrons. The first kappa shape index (κ1) is 17.4. The lowest BCUT2D eigenvalue weighted by molar-refractivity contribution is -0.118. The molecule has 0 N–H and O–H groups in total. The molecule has 0 saturated carbocycles. The summed E-state index contributed by atoms with van der Waals surface area (Å²) in [6.07, 6.45) is 1.29. The lowest BCUT2D eigenvalue weighted by atomic mass is 10.2. The number of benzene rings is 1. The van der Waals surface area contributed by atoms with Crippen LogP contribution in [0.3, 0.4) is 0 Å². The van der Waals surface area contributed by atoms with Gasteiger partial charge in [-0.1, -0.05) is 19.1 Å². The van der Waals surface area contributed by atoms with E-state index in [1.54, 1.807) is 0 Å². The van der Waals surface area contributed by atoms with Crippen LogP contribution in [0.15, 0.2) is 51.1 Å². The topological polar surface area (TPSA) is 46.3 Å². The van der Waals surface area contributed by atoms with E-state index in [0.717, 1.165) is 40.9 Å². The van der Waals surface area contributed by atoms with Crippen molar-refractivity contribution in [2.75, 3.05) is 11.4 Å². The molecule has 3 heterocycles. The normalized spacial score (nSPS) is 17.0. The predicted octanol–water partition coefficient (Wildman–Crippen LogP) is 5.17. The molecule has 1 aliphatic heterocycles. The predicted molar refractivity (Wildman–Crippen MR) is 107 cm³/mol. The van der Waals surface area contributed by atoms with Crippen LogP contribution in [-0.2, 0) is 11.2 Å². The number of thioether (sulfide) groups is 1. The third-order valence-corrected chi connectivity index (χ3v) is 6.52. The summed E-state index contributed by atoms with van der Waals surface area (Å²) in [5, 5.41) is 3.27. The Bertz CT molecular complexity index is 931. The van der Waals surface area contributed by atoms with Gasteiger partial charge in [-0.15, -0.1) is 23.1 Å². The number of amides is 1. The molecule has 0 spiro atoms. The number of fused-ring (bicyclic) bond motifs is 1. The van der Waals surface area contributed by atoms with Crippen LogP contribution in [-0.4, -0.2) is 22.7 Å². The van der Waals surface area contributed by atoms with Crippen LogP contribution in [0, 0.1) is 6.92 Å². The average Bonchev–Trinajstić information content (AvgIpc) is 3.21. The van der Waals surface area contributed by atoms with Crippen molar-refractivity contribution in [1.82, 2.24) is 4.98 Å². The Morgan fingerprint density at radius 1 is 1.31 bits per heavy atom. The van der Waals surface area contributed by atoms with E-state index in [2.05, 4.69) is 18.0 Å². The van der Waals surface area contributed by atoms with Gasteiger partial charge in [0, 0.05) is 22.1 Å². The number of aromatic nitrogens is 1. The SMILES string of the molecule is Cc1ccc(-c2nc(CC(=O)N3CCC(C)Sc4ccccc43)cs2)o1. The molecule has 0 bridgehead atoms. The third-order valence-electron chi connectivity index (χ3n) is 4.38. The smallest absolute Gasteiger partial charge is 0.233 e. The zero-order chi connectivity index (χ0) is 18.1. The standard InChI is InChI=1S/C20H20N2O2S2/c1-13-7-8-17(24-13)20-21-15(12-25-20)11-19(23)22-10-9-14(2)26-18-6-4-3-5-16(18)22/h3-8,12,14H,9-11H2,1-2H3. The van der Waals surface area contributed by atoms with E-state index in [1.165, 1.54) is 16.2 Å². The molecule has 1 aromatic carbocycles. The summed E-state index contributed by atoms with van der Waals surface area (Å²) >= 11 is 3.36. The van der Waals surface area contributed by atoms with Gasteiger partial charge in [0.05, 0.1) is 17.8 Å². The Morgan fingerprint density at radius 2 is 2.15 bits per heavy atom. The highest BCUT2D eigenvalue weighted by Gasteiger charge is 2.24. The molecular formula is C20H20N2O2S2. The van der Waals surface area contributed by atoms with E-state index in [-0.39, 0.29) is 5.91 Å². The van der Waals surface area contributed by atoms with Crippen molar-refractivity contribution < 1.29 is 9.21 Å². The van der Waals surface area contributed by atoms with Gasteiger partial charge in [0.1, 0.15) is 5.76 Å². The maximum Gasteiger partial charge on any atom is 0.233 e. The number of hydrogen-bond donors (Lipinski definition) is 0. The second kappa shape index (κ2) is 7.29. The number of aryl methyl sites for hydroxylation is 1. The zero-order valence-corrected chi connectivity index (χ0v) is 16.4. The molecule has 1 atom stereocenters. The van der Waals surface area contributed by atoms with E-state index in [1.807, 2.05) is 59.3 Å². The van der Waals surface area contributed by atoms with Crippen LogP contribution < -0.4 is 4.90 Å². The van der Waals surface area contributed by atoms with Crippen LogP contribution >= 0.6 is 23.1 Å². The zero-order valence-electron chi connectivity index (χ0n) is 14.8. The van der Waals surface area contributed by atoms with Gasteiger partial charge in [-0.25, -0.2) is 4.98 Å². The first-order valence-corrected chi connectivity index (χ1v) is 10.4. The maximum absolute atomic E-state index is 13.0. The van der Waals surface area contributed by atoms with Gasteiger partial charge in [-0.3, -0.25) is 4.79 Å². The Labute approximate surface area is 161 Å². The number of para-hydroxylation sites is 1. The summed E-state index contributed by atoms with van der Waals surface area (Å²) in [5.41, 5.74) is 1.82. The molecule has 3 aromatic rings. The fourth-order valence-corrected chi connectivity index (χ4v) is 4.94. The van der Waals surface area contributed by atoms with Gasteiger partial charge in [-0.05, 0) is 37.6 Å². The molecule has 6 heteroatoms. The van der Waals surface area contributed by atoms with Crippen LogP contribution in [0.1, 0.15) is 24.8 Å². The molecule has 1 amide bonds. The van der Waals surface area contributed by atoms with Crippen molar-refractivity contribution >= 4 is 34.7 Å². The van der Waals surface area contributed by atoms with Crippen LogP contribution in [0.2, 0.25) is 0 Å². The largest absolute Gasteiger partial charge is 0.459 e. The third kappa shape index (κ3) is 3.57. The van der Waals surface area contributed by atoms with Crippen molar-refractivity contribution in [2.24, 2.45) is 0 Å². The van der Waals surface area contributed by atoms with Crippen LogP contribution in [0.4, 0.5) is 5.69 Å². The van der Waals surface area contributed by atoms with Gasteiger partial charge in [0.15, 0.2) is 10.8 Å². The maximum atomic E-state index is 13.0. The molecule has 1 unspecified atom stereocenters. The summed E-state index contributed by atoms with van der Waals surface area (Å²) in [6.45, 7) is 4.88. The number of thiazole rings is 1. The first-order chi connectivity index (χ1) is 12.6. The number of nitrogens with zero attached hydrogens (tertiary/aromatic N) is 2. The quantitative estimate of drug-likeness (QED) is 0.625. The first-order valence-electron chi connectivity index (χ1n) is 8.67. The van der Waals surface area contributed by atoms with Crippen molar-refractivity contribution in [3.05, 3.63) is 53.2 Å². The van der Waals surface area contributed by atoms with Crippen molar-refractivity contribution in [3.8, 4) is 10.8 Å². The molecule has 0 saturated heterocycles. The molecule has 0 aliphatic carbocycles. The van der Waals surface area contributed by atoms with Crippen molar-refractivity contribution in [2.45, 2.75) is 36.8 Å². The Balaban J connectivity index is 1.54. The number of rotatable bonds is 3. The summed E-state index contributed by atoms with van der Waals surface area (Å²) in [5.74, 6) is 1.72. The summed E-state index contributed by atoms with van der Waals surface area (Å²) in [4.78, 5) is 20.7. The summed E-state index contributed by atoms with van der Waals surface area (Å²) in [6, 6.07) is 12.0. The molecule has 26 heavy (non-hydrogen) atoms. The molecule has 0 radical (unpaired) electrons. The van der Waals surface area contributed by atoms with E-state index in [4.69, 9.17) is 4.42 Å². The highest BCUT2D eigenvalue weighted by atomic mass is 32.2.